The molecule has 5 rings (SSSR count). The van der Waals surface area contributed by atoms with E-state index in [-0.39, 0.29) is 57.3 Å². The lowest BCUT2D eigenvalue weighted by Gasteiger charge is -2.31. The molecule has 0 radical (unpaired) electrons. The van der Waals surface area contributed by atoms with Crippen molar-refractivity contribution in [3.63, 3.8) is 0 Å². The van der Waals surface area contributed by atoms with Crippen molar-refractivity contribution in [3.05, 3.63) is 18.2 Å². The number of nitrogens with one attached hydrogen (secondary N) is 14. The van der Waals surface area contributed by atoms with Crippen LogP contribution in [-0.4, -0.2) is 300 Å². The molecule has 16 atom stereocenters. The van der Waals surface area contributed by atoms with Crippen molar-refractivity contribution < 1.29 is 106 Å². The van der Waals surface area contributed by atoms with E-state index in [1.54, 1.807) is 6.92 Å². The topological polar surface area (TPSA) is 707 Å². The van der Waals surface area contributed by atoms with E-state index in [0.29, 0.717) is 0 Å². The highest BCUT2D eigenvalue weighted by atomic mass is 33.1. The fourth-order valence-corrected chi connectivity index (χ4v) is 15.8. The third kappa shape index (κ3) is 26.7. The van der Waals surface area contributed by atoms with E-state index in [2.05, 4.69) is 79.1 Å². The van der Waals surface area contributed by atoms with Gasteiger partial charge in [-0.05, 0) is 38.5 Å². The van der Waals surface area contributed by atoms with Crippen LogP contribution in [0.2, 0.25) is 0 Å². The van der Waals surface area contributed by atoms with Crippen molar-refractivity contribution in [2.45, 2.75) is 169 Å². The first-order valence-corrected chi connectivity index (χ1v) is 38.8. The highest BCUT2D eigenvalue weighted by Gasteiger charge is 2.44. The van der Waals surface area contributed by atoms with Crippen LogP contribution in [0.25, 0.3) is 0 Å². The SMILES string of the molecule is CC[C@H](C)[C@@H]1NC(=O)[C@H](CC(=O)O)NC(=O)[C@@H]2CCCN2C(=O)[C@H](CC(N)=O)NC(=O)[C@H](CC(N)=O)NC(=O)[C@H](CN)NC(=O)[C@H](CO)NC(=O)[C@@H]2CSSC[C@H](NC(=O)CN)C(=O)N[C@@H](CSSC[C@@H](C(N)=O)NC1=O)C(=O)N[C@@H](CO)C(=O)N[C@@H](Cc1cnc[nH]1)C(=O)N1CCC[C@H]1C(=O)N[C@@H](C)C(=O)N2. The van der Waals surface area contributed by atoms with Gasteiger partial charge in [0.15, 0.2) is 0 Å². The van der Waals surface area contributed by atoms with Gasteiger partial charge in [-0.3, -0.25) is 91.1 Å². The molecule has 18 amide bonds. The van der Waals surface area contributed by atoms with Gasteiger partial charge in [0.2, 0.25) is 106 Å². The number of hydrogen-bond acceptors (Lipinski definition) is 28. The number of aliphatic hydroxyl groups is 2. The van der Waals surface area contributed by atoms with E-state index in [1.165, 1.54) is 26.4 Å². The normalized spacial score (nSPS) is 28.7. The predicted octanol–water partition coefficient (Wildman–Crippen LogP) is -12.3. The highest BCUT2D eigenvalue weighted by Crippen LogP contribution is 2.27. The number of aromatic amines is 1. The second kappa shape index (κ2) is 43.4. The second-order valence-electron chi connectivity index (χ2n) is 25.3. The molecule has 108 heavy (non-hydrogen) atoms. The standard InChI is InChI=1S/C60H92N22O22S4/c1-4-25(2)45-58(102)77-35(46(65)90)20-105-107-23-38-55(99)75-33(18-83)51(95)72-30(11-27-17-66-24-67-27)59(103)81-9-5-7-39(81)56(100)68-26(3)47(91)78-37(22-108-106-21-36(53(97)79-38)69-43(87)16-62)54(98)76-34(19-84)52(96)74-32(15-61)50(94)70-28(12-41(63)85)48(92)73-31(13-42(64)86)60(104)82-10-6-8-40(82)57(101)71-29(14-44(88)89)49(93)80-45/h17,24-26,28-40,45,83-84H,4-16,18-23,61-62H2,1-3H3,(H2,63,85)(H2,64,86)(H2,65,90)(H,66,67)(H,68,100)(H,69,87)(H,70,94)(H,71,101)(H,72,95)(H,73,92)(H,74,96)(H,75,99)(H,76,98)(H,77,102)(H,78,91)(H,79,97)(H,80,93)(H,88,89)/t25-,26-,28-,29-,30-,31-,32-,33-,34-,35-,36-,37-,38-,39-,40-,45-/m0/s1. The van der Waals surface area contributed by atoms with Gasteiger partial charge in [-0.2, -0.15) is 0 Å². The summed E-state index contributed by atoms with van der Waals surface area (Å²) in [6.07, 6.45) is -0.599. The van der Waals surface area contributed by atoms with Gasteiger partial charge in [0, 0.05) is 61.0 Å². The van der Waals surface area contributed by atoms with Gasteiger partial charge in [-0.15, -0.1) is 0 Å². The average molecular weight is 1600 g/mol. The van der Waals surface area contributed by atoms with E-state index < -0.39 is 277 Å². The molecule has 0 aromatic carbocycles. The zero-order valence-corrected chi connectivity index (χ0v) is 62.1. The van der Waals surface area contributed by atoms with Crippen LogP contribution in [0.5, 0.6) is 0 Å². The Bertz CT molecular complexity index is 3500. The zero-order chi connectivity index (χ0) is 80.2. The Morgan fingerprint density at radius 2 is 0.991 bits per heavy atom. The number of aromatic nitrogens is 2. The number of aliphatic hydroxyl groups excluding tert-OH is 2. The molecule has 5 heterocycles. The number of carbonyl (C=O) groups excluding carboxylic acids is 18. The Morgan fingerprint density at radius 3 is 1.50 bits per heavy atom. The maximum Gasteiger partial charge on any atom is 0.305 e. The van der Waals surface area contributed by atoms with Crippen LogP contribution < -0.4 is 97.8 Å². The van der Waals surface area contributed by atoms with E-state index in [9.17, 15) is 106 Å². The smallest absolute Gasteiger partial charge is 0.305 e. The minimum absolute atomic E-state index is 0.0266. The summed E-state index contributed by atoms with van der Waals surface area (Å²) < 4.78 is 0. The molecule has 44 nitrogen and oxygen atoms in total. The van der Waals surface area contributed by atoms with Crippen molar-refractivity contribution in [3.8, 4) is 0 Å². The summed E-state index contributed by atoms with van der Waals surface area (Å²) in [4.78, 5) is 272. The zero-order valence-electron chi connectivity index (χ0n) is 58.8. The number of primary amides is 3. The molecule has 1 aromatic heterocycles. The maximum absolute atomic E-state index is 14.7. The lowest BCUT2D eigenvalue weighted by Crippen LogP contribution is -2.62. The van der Waals surface area contributed by atoms with Crippen LogP contribution in [0.15, 0.2) is 12.5 Å². The highest BCUT2D eigenvalue weighted by molar-refractivity contribution is 8.77. The number of carboxylic acids is 1. The second-order valence-corrected chi connectivity index (χ2v) is 30.4. The Labute approximate surface area is 632 Å². The van der Waals surface area contributed by atoms with E-state index in [0.717, 1.165) is 53.0 Å². The number of carbonyl (C=O) groups is 19. The van der Waals surface area contributed by atoms with Gasteiger partial charge < -0.3 is 128 Å². The van der Waals surface area contributed by atoms with E-state index >= 15 is 0 Å². The molecular formula is C60H92N22O22S4. The maximum atomic E-state index is 14.7. The lowest BCUT2D eigenvalue weighted by atomic mass is 9.97. The molecule has 4 aliphatic rings. The Kier molecular flexibility index (Phi) is 35.8. The molecule has 0 saturated carbocycles. The summed E-state index contributed by atoms with van der Waals surface area (Å²) in [6.45, 7) is 0.0835. The molecule has 0 spiro atoms. The molecule has 598 valence electrons. The van der Waals surface area contributed by atoms with E-state index in [1.807, 2.05) is 0 Å². The monoisotopic (exact) mass is 1600 g/mol. The quantitative estimate of drug-likeness (QED) is 0.0684. The summed E-state index contributed by atoms with van der Waals surface area (Å²) in [5.41, 5.74) is 28.5. The van der Waals surface area contributed by atoms with Gasteiger partial charge in [0.1, 0.15) is 90.6 Å². The molecule has 0 aliphatic carbocycles. The number of amides is 18. The molecule has 2 bridgehead atoms. The molecule has 1 aromatic rings. The number of nitrogens with zero attached hydrogens (tertiary/aromatic N) is 3. The van der Waals surface area contributed by atoms with Gasteiger partial charge in [0.05, 0.1) is 45.3 Å². The minimum Gasteiger partial charge on any atom is -0.481 e. The Morgan fingerprint density at radius 1 is 0.537 bits per heavy atom. The number of fused-ring (bicyclic) bond motifs is 10. The van der Waals surface area contributed by atoms with Crippen molar-refractivity contribution in [1.29, 1.82) is 0 Å². The van der Waals surface area contributed by atoms with Crippen LogP contribution in [0.3, 0.4) is 0 Å². The van der Waals surface area contributed by atoms with Gasteiger partial charge in [-0.25, -0.2) is 4.98 Å². The summed E-state index contributed by atoms with van der Waals surface area (Å²) in [5.74, 6) is -25.1. The average Bonchev–Trinajstić information content (AvgIpc) is 1.63. The van der Waals surface area contributed by atoms with Crippen molar-refractivity contribution in [1.82, 2.24) is 88.9 Å². The number of H-pyrrole nitrogens is 1. The molecule has 48 heteroatoms. The lowest BCUT2D eigenvalue weighted by molar-refractivity contribution is -0.145. The van der Waals surface area contributed by atoms with Gasteiger partial charge in [-0.1, -0.05) is 63.4 Å². The number of aliphatic carboxylic acids is 1. The molecule has 4 saturated heterocycles. The fourth-order valence-electron chi connectivity index (χ4n) is 11.2. The first-order valence-electron chi connectivity index (χ1n) is 33.9. The van der Waals surface area contributed by atoms with Gasteiger partial charge >= 0.3 is 5.97 Å². The predicted molar refractivity (Wildman–Crippen MR) is 383 cm³/mol. The van der Waals surface area contributed by atoms with Crippen molar-refractivity contribution in [2.75, 3.05) is 62.4 Å². The fraction of sp³-hybridized carbons (Fsp3) is 0.633. The molecule has 27 N–H and O–H groups in total. The summed E-state index contributed by atoms with van der Waals surface area (Å²) in [5, 5.41) is 61.8. The summed E-state index contributed by atoms with van der Waals surface area (Å²) >= 11 is 0. The Balaban J connectivity index is 1.63. The first-order chi connectivity index (χ1) is 51.1. The number of imidazole rings is 1. The third-order valence-corrected chi connectivity index (χ3v) is 22.1. The van der Waals surface area contributed by atoms with Crippen molar-refractivity contribution >= 4 is 155 Å². The largest absolute Gasteiger partial charge is 0.481 e. The summed E-state index contributed by atoms with van der Waals surface area (Å²) in [6, 6.07) is -26.2. The number of hydrogen-bond donors (Lipinski definition) is 22. The summed E-state index contributed by atoms with van der Waals surface area (Å²) in [7, 11) is 3.05. The van der Waals surface area contributed by atoms with Crippen LogP contribution in [-0.2, 0) is 97.5 Å². The van der Waals surface area contributed by atoms with Gasteiger partial charge in [0.25, 0.3) is 0 Å². The third-order valence-electron chi connectivity index (χ3n) is 17.3. The van der Waals surface area contributed by atoms with Crippen LogP contribution >= 0.6 is 43.2 Å². The number of nitrogens with two attached hydrogens (primary N) is 5. The van der Waals surface area contributed by atoms with Crippen LogP contribution in [0.4, 0.5) is 0 Å². The van der Waals surface area contributed by atoms with Crippen LogP contribution in [0.1, 0.15) is 77.8 Å². The number of rotatable bonds is 16. The Hall–Kier alpha value is -9.62. The molecule has 0 unspecified atom stereocenters. The molecular weight excluding hydrogens is 1510 g/mol. The minimum atomic E-state index is -2.06. The van der Waals surface area contributed by atoms with Crippen LogP contribution in [0, 0.1) is 5.92 Å². The number of carboxylic acid groups (broad SMARTS) is 1. The first kappa shape index (κ1) is 89.0. The molecule has 4 fully saturated rings. The van der Waals surface area contributed by atoms with Crippen molar-refractivity contribution in [2.24, 2.45) is 34.6 Å². The van der Waals surface area contributed by atoms with E-state index in [4.69, 9.17) is 28.7 Å². The molecule has 4 aliphatic heterocycles.